The highest BCUT2D eigenvalue weighted by Crippen LogP contribution is 2.36. The van der Waals surface area contributed by atoms with Gasteiger partial charge < -0.3 is 16.0 Å². The fourth-order valence-corrected chi connectivity index (χ4v) is 5.45. The van der Waals surface area contributed by atoms with E-state index in [1.807, 2.05) is 18.2 Å². The molecule has 0 radical (unpaired) electrons. The van der Waals surface area contributed by atoms with E-state index in [1.54, 1.807) is 5.38 Å². The molecular formula is C27H28F6N4OS. The number of carbonyl (C=O) groups excluding carboxylic acids is 1. The molecule has 0 saturated carbocycles. The quantitative estimate of drug-likeness (QED) is 0.306. The molecule has 1 atom stereocenters. The van der Waals surface area contributed by atoms with Crippen LogP contribution in [0.5, 0.6) is 0 Å². The number of hydrogen-bond donors (Lipinski definition) is 2. The molecule has 1 fully saturated rings. The molecule has 1 aliphatic heterocycles. The van der Waals surface area contributed by atoms with E-state index < -0.39 is 41.8 Å². The van der Waals surface area contributed by atoms with Gasteiger partial charge in [-0.2, -0.15) is 26.3 Å². The van der Waals surface area contributed by atoms with Crippen molar-refractivity contribution in [2.75, 3.05) is 25.4 Å². The lowest BCUT2D eigenvalue weighted by atomic mass is 9.89. The fraction of sp³-hybridized carbons (Fsp3) is 0.407. The molecular weight excluding hydrogens is 542 g/mol. The van der Waals surface area contributed by atoms with E-state index in [-0.39, 0.29) is 16.8 Å². The van der Waals surface area contributed by atoms with Gasteiger partial charge in [-0.25, -0.2) is 4.98 Å². The second-order valence-corrected chi connectivity index (χ2v) is 10.5. The molecule has 2 heterocycles. The van der Waals surface area contributed by atoms with Gasteiger partial charge in [-0.1, -0.05) is 30.3 Å². The minimum absolute atomic E-state index is 0.0626. The molecule has 0 bridgehead atoms. The van der Waals surface area contributed by atoms with E-state index in [0.29, 0.717) is 36.7 Å². The first-order valence-corrected chi connectivity index (χ1v) is 13.3. The number of anilines is 1. The number of rotatable bonds is 8. The number of hydrogen-bond acceptors (Lipinski definition) is 5. The minimum Gasteiger partial charge on any atom is -0.375 e. The Morgan fingerprint density at radius 3 is 2.18 bits per heavy atom. The zero-order chi connectivity index (χ0) is 28.2. The summed E-state index contributed by atoms with van der Waals surface area (Å²) in [6.07, 6.45) is -7.60. The third-order valence-corrected chi connectivity index (χ3v) is 7.61. The Kier molecular flexibility index (Phi) is 8.85. The average Bonchev–Trinajstić information content (AvgIpc) is 3.33. The summed E-state index contributed by atoms with van der Waals surface area (Å²) in [5.41, 5.74) is 4.33. The molecule has 3 N–H and O–H groups in total. The van der Waals surface area contributed by atoms with Crippen molar-refractivity contribution in [3.8, 4) is 0 Å². The van der Waals surface area contributed by atoms with Gasteiger partial charge in [0.15, 0.2) is 5.13 Å². The van der Waals surface area contributed by atoms with Gasteiger partial charge in [0.05, 0.1) is 22.7 Å². The lowest BCUT2D eigenvalue weighted by molar-refractivity contribution is -0.143. The van der Waals surface area contributed by atoms with Crippen LogP contribution in [0.4, 0.5) is 31.5 Å². The molecule has 210 valence electrons. The van der Waals surface area contributed by atoms with Crippen LogP contribution in [0.1, 0.15) is 59.0 Å². The van der Waals surface area contributed by atoms with E-state index in [0.717, 1.165) is 37.3 Å². The van der Waals surface area contributed by atoms with E-state index in [2.05, 4.69) is 27.3 Å². The molecule has 1 amide bonds. The second-order valence-electron chi connectivity index (χ2n) is 9.61. The molecule has 39 heavy (non-hydrogen) atoms. The third-order valence-electron chi connectivity index (χ3n) is 6.92. The number of nitrogens with zero attached hydrogens (tertiary/aromatic N) is 2. The van der Waals surface area contributed by atoms with E-state index in [9.17, 15) is 31.1 Å². The molecule has 0 aliphatic carbocycles. The van der Waals surface area contributed by atoms with Crippen LogP contribution in [0.25, 0.3) is 0 Å². The monoisotopic (exact) mass is 570 g/mol. The summed E-state index contributed by atoms with van der Waals surface area (Å²) >= 11 is 1.16. The zero-order valence-corrected chi connectivity index (χ0v) is 21.7. The highest BCUT2D eigenvalue weighted by molar-refractivity contribution is 7.13. The van der Waals surface area contributed by atoms with E-state index >= 15 is 0 Å². The highest BCUT2D eigenvalue weighted by atomic mass is 32.1. The summed E-state index contributed by atoms with van der Waals surface area (Å²) in [7, 11) is 0. The topological polar surface area (TPSA) is 71.2 Å². The average molecular weight is 571 g/mol. The van der Waals surface area contributed by atoms with Gasteiger partial charge >= 0.3 is 12.4 Å². The molecule has 12 heteroatoms. The molecule has 0 spiro atoms. The molecule has 4 rings (SSSR count). The number of amides is 1. The van der Waals surface area contributed by atoms with Crippen molar-refractivity contribution >= 4 is 22.4 Å². The van der Waals surface area contributed by atoms with Crippen molar-refractivity contribution in [1.29, 1.82) is 0 Å². The third kappa shape index (κ3) is 7.72. The number of carbonyl (C=O) groups is 1. The van der Waals surface area contributed by atoms with Gasteiger partial charge in [0.1, 0.15) is 0 Å². The van der Waals surface area contributed by atoms with Gasteiger partial charge in [0, 0.05) is 11.9 Å². The molecule has 0 unspecified atom stereocenters. The number of nitrogens with one attached hydrogen (secondary N) is 1. The summed E-state index contributed by atoms with van der Waals surface area (Å²) in [6.45, 7) is 1.78. The number of alkyl halides is 6. The summed E-state index contributed by atoms with van der Waals surface area (Å²) in [5, 5.41) is 4.42. The van der Waals surface area contributed by atoms with Crippen molar-refractivity contribution in [1.82, 2.24) is 15.2 Å². The normalized spacial score (nSPS) is 16.3. The van der Waals surface area contributed by atoms with Crippen LogP contribution in [0.15, 0.2) is 53.9 Å². The van der Waals surface area contributed by atoms with Crippen LogP contribution < -0.4 is 11.1 Å². The van der Waals surface area contributed by atoms with Crippen molar-refractivity contribution in [3.05, 3.63) is 81.9 Å². The Balaban J connectivity index is 1.41. The van der Waals surface area contributed by atoms with Gasteiger partial charge in [-0.05, 0) is 74.1 Å². The molecule has 2 aromatic carbocycles. The number of piperidine rings is 1. The van der Waals surface area contributed by atoms with Crippen LogP contribution in [-0.2, 0) is 23.7 Å². The van der Waals surface area contributed by atoms with Gasteiger partial charge in [0.2, 0.25) is 5.91 Å². The van der Waals surface area contributed by atoms with E-state index in [4.69, 9.17) is 5.73 Å². The summed E-state index contributed by atoms with van der Waals surface area (Å²) in [4.78, 5) is 19.6. The van der Waals surface area contributed by atoms with Crippen LogP contribution in [0.2, 0.25) is 0 Å². The summed E-state index contributed by atoms with van der Waals surface area (Å²) in [5.74, 6) is -0.822. The maximum absolute atomic E-state index is 13.2. The smallest absolute Gasteiger partial charge is 0.375 e. The Bertz CT molecular complexity index is 1220. The fourth-order valence-electron chi connectivity index (χ4n) is 4.83. The number of thiazole rings is 1. The Hall–Kier alpha value is -3.12. The zero-order valence-electron chi connectivity index (χ0n) is 20.9. The maximum atomic E-state index is 13.2. The summed E-state index contributed by atoms with van der Waals surface area (Å²) < 4.78 is 79.2. The molecule has 1 saturated heterocycles. The lowest BCUT2D eigenvalue weighted by Gasteiger charge is -2.32. The molecule has 3 aromatic rings. The van der Waals surface area contributed by atoms with Gasteiger partial charge in [-0.3, -0.25) is 4.79 Å². The first-order chi connectivity index (χ1) is 18.4. The van der Waals surface area contributed by atoms with Crippen LogP contribution >= 0.6 is 11.3 Å². The lowest BCUT2D eigenvalue weighted by Crippen LogP contribution is -2.36. The van der Waals surface area contributed by atoms with Crippen LogP contribution in [0, 0.1) is 0 Å². The van der Waals surface area contributed by atoms with Crippen molar-refractivity contribution in [3.63, 3.8) is 0 Å². The second kappa shape index (κ2) is 12.0. The number of likely N-dealkylation sites (tertiary alicyclic amines) is 1. The Morgan fingerprint density at radius 2 is 1.64 bits per heavy atom. The predicted octanol–water partition coefficient (Wildman–Crippen LogP) is 6.43. The Labute approximate surface area is 226 Å². The van der Waals surface area contributed by atoms with Crippen LogP contribution in [0.3, 0.4) is 0 Å². The van der Waals surface area contributed by atoms with Crippen molar-refractivity contribution in [2.24, 2.45) is 0 Å². The Morgan fingerprint density at radius 1 is 1.03 bits per heavy atom. The number of halogens is 6. The number of nitrogens with two attached hydrogens (primary N) is 1. The van der Waals surface area contributed by atoms with Crippen molar-refractivity contribution < 1.29 is 31.1 Å². The van der Waals surface area contributed by atoms with Gasteiger partial charge in [0.25, 0.3) is 0 Å². The number of benzene rings is 2. The van der Waals surface area contributed by atoms with Crippen molar-refractivity contribution in [2.45, 2.75) is 50.0 Å². The molecule has 1 aromatic heterocycles. The first-order valence-electron chi connectivity index (χ1n) is 12.4. The number of aromatic nitrogens is 1. The maximum Gasteiger partial charge on any atom is 0.416 e. The SMILES string of the molecule is Nc1nc([C@H](CCN2CCC(c3ccccc3)CC2)C(=O)NCc2cc(C(F)(F)F)cc(C(F)(F)F)c2)cs1. The number of nitrogen functional groups attached to an aromatic ring is 1. The first kappa shape index (κ1) is 28.9. The van der Waals surface area contributed by atoms with E-state index in [1.165, 1.54) is 5.56 Å². The highest BCUT2D eigenvalue weighted by Gasteiger charge is 2.37. The largest absolute Gasteiger partial charge is 0.416 e. The van der Waals surface area contributed by atoms with Crippen LogP contribution in [-0.4, -0.2) is 35.4 Å². The minimum atomic E-state index is -4.96. The predicted molar refractivity (Wildman–Crippen MR) is 137 cm³/mol. The molecule has 1 aliphatic rings. The van der Waals surface area contributed by atoms with Gasteiger partial charge in [-0.15, -0.1) is 11.3 Å². The standard InChI is InChI=1S/C27H28F6N4OS/c28-26(29,30)20-12-17(13-21(14-20)27(31,32)33)15-35-24(38)22(23-16-39-25(34)36-23)8-11-37-9-6-19(7-10-37)18-4-2-1-3-5-18/h1-5,12-14,16,19,22H,6-11,15H2,(H2,34,36)(H,35,38)/t22-/m0/s1. The molecule has 5 nitrogen and oxygen atoms in total. The summed E-state index contributed by atoms with van der Waals surface area (Å²) in [6, 6.07) is 11.6.